The van der Waals surface area contributed by atoms with E-state index in [0.29, 0.717) is 6.04 Å². The number of hydrogen-bond donors (Lipinski definition) is 1. The third kappa shape index (κ3) is 5.18. The van der Waals surface area contributed by atoms with Crippen LogP contribution in [0.2, 0.25) is 0 Å². The molecule has 0 atom stereocenters. The number of aromatic nitrogens is 3. The van der Waals surface area contributed by atoms with Gasteiger partial charge in [-0.15, -0.1) is 5.10 Å². The molecule has 0 spiro atoms. The molecule has 0 aliphatic heterocycles. The van der Waals surface area contributed by atoms with Crippen LogP contribution in [0, 0.1) is 0 Å². The van der Waals surface area contributed by atoms with Gasteiger partial charge in [-0.1, -0.05) is 19.1 Å². The molecule has 0 saturated carbocycles. The maximum Gasteiger partial charge on any atom is 0.0964 e. The van der Waals surface area contributed by atoms with Crippen LogP contribution in [0.15, 0.2) is 6.20 Å². The minimum absolute atomic E-state index is 0.492. The predicted molar refractivity (Wildman–Crippen MR) is 65.0 cm³/mol. The molecule has 0 aliphatic carbocycles. The van der Waals surface area contributed by atoms with Gasteiger partial charge in [-0.2, -0.15) is 11.8 Å². The maximum atomic E-state index is 4.11. The SMILES string of the molecule is CSCCCn1cc(CNC(C)C)nn1. The normalized spacial score (nSPS) is 11.2. The molecule has 1 aromatic heterocycles. The minimum atomic E-state index is 0.492. The molecule has 1 heterocycles. The lowest BCUT2D eigenvalue weighted by molar-refractivity contribution is 0.577. The molecule has 0 radical (unpaired) electrons. The quantitative estimate of drug-likeness (QED) is 0.719. The Morgan fingerprint density at radius 1 is 1.53 bits per heavy atom. The van der Waals surface area contributed by atoms with Crippen LogP contribution in [0.3, 0.4) is 0 Å². The van der Waals surface area contributed by atoms with Crippen LogP contribution in [-0.4, -0.2) is 33.0 Å². The summed E-state index contributed by atoms with van der Waals surface area (Å²) in [6.07, 6.45) is 5.30. The molecule has 5 heteroatoms. The number of rotatable bonds is 7. The summed E-state index contributed by atoms with van der Waals surface area (Å²) in [7, 11) is 0. The average molecular weight is 228 g/mol. The number of hydrogen-bond acceptors (Lipinski definition) is 4. The molecule has 0 aliphatic rings. The van der Waals surface area contributed by atoms with E-state index < -0.39 is 0 Å². The van der Waals surface area contributed by atoms with E-state index in [1.165, 1.54) is 5.75 Å². The van der Waals surface area contributed by atoms with Gasteiger partial charge >= 0.3 is 0 Å². The predicted octanol–water partition coefficient (Wildman–Crippen LogP) is 1.53. The highest BCUT2D eigenvalue weighted by Gasteiger charge is 2.00. The molecule has 0 fully saturated rings. The van der Waals surface area contributed by atoms with Crippen LogP contribution in [0.1, 0.15) is 26.0 Å². The molecule has 15 heavy (non-hydrogen) atoms. The van der Waals surface area contributed by atoms with Gasteiger partial charge in [-0.25, -0.2) is 0 Å². The summed E-state index contributed by atoms with van der Waals surface area (Å²) in [4.78, 5) is 0. The Labute approximate surface area is 95.8 Å². The van der Waals surface area contributed by atoms with Crippen molar-refractivity contribution in [1.29, 1.82) is 0 Å². The van der Waals surface area contributed by atoms with Crippen LogP contribution in [0.25, 0.3) is 0 Å². The molecule has 0 bridgehead atoms. The zero-order valence-corrected chi connectivity index (χ0v) is 10.5. The Balaban J connectivity index is 2.29. The largest absolute Gasteiger partial charge is 0.309 e. The van der Waals surface area contributed by atoms with E-state index in [0.717, 1.165) is 25.2 Å². The second-order valence-electron chi connectivity index (χ2n) is 3.85. The van der Waals surface area contributed by atoms with Crippen LogP contribution < -0.4 is 5.32 Å². The van der Waals surface area contributed by atoms with E-state index >= 15 is 0 Å². The fourth-order valence-electron chi connectivity index (χ4n) is 1.21. The molecule has 1 aromatic rings. The second kappa shape index (κ2) is 6.85. The standard InChI is InChI=1S/C10H20N4S/c1-9(2)11-7-10-8-14(13-12-10)5-4-6-15-3/h8-9,11H,4-7H2,1-3H3. The van der Waals surface area contributed by atoms with Crippen molar-refractivity contribution in [1.82, 2.24) is 20.3 Å². The second-order valence-corrected chi connectivity index (χ2v) is 4.84. The highest BCUT2D eigenvalue weighted by molar-refractivity contribution is 7.98. The first kappa shape index (κ1) is 12.5. The summed E-state index contributed by atoms with van der Waals surface area (Å²) < 4.78 is 1.92. The van der Waals surface area contributed by atoms with E-state index in [1.54, 1.807) is 0 Å². The first-order valence-electron chi connectivity index (χ1n) is 5.33. The maximum absolute atomic E-state index is 4.11. The van der Waals surface area contributed by atoms with E-state index in [9.17, 15) is 0 Å². The molecule has 0 saturated heterocycles. The van der Waals surface area contributed by atoms with E-state index in [4.69, 9.17) is 0 Å². The van der Waals surface area contributed by atoms with E-state index in [2.05, 4.69) is 35.7 Å². The third-order valence-electron chi connectivity index (χ3n) is 2.01. The fourth-order valence-corrected chi connectivity index (χ4v) is 1.63. The van der Waals surface area contributed by atoms with Crippen molar-refractivity contribution in [2.75, 3.05) is 12.0 Å². The molecule has 0 unspecified atom stereocenters. The smallest absolute Gasteiger partial charge is 0.0964 e. The molecule has 4 nitrogen and oxygen atoms in total. The van der Waals surface area contributed by atoms with Gasteiger partial charge in [0, 0.05) is 25.3 Å². The minimum Gasteiger partial charge on any atom is -0.309 e. The number of aryl methyl sites for hydroxylation is 1. The van der Waals surface area contributed by atoms with E-state index in [-0.39, 0.29) is 0 Å². The zero-order chi connectivity index (χ0) is 11.1. The Kier molecular flexibility index (Phi) is 5.71. The van der Waals surface area contributed by atoms with Gasteiger partial charge in [0.1, 0.15) is 0 Å². The van der Waals surface area contributed by atoms with Crippen molar-refractivity contribution in [2.45, 2.75) is 39.4 Å². The van der Waals surface area contributed by atoms with Crippen LogP contribution in [0.5, 0.6) is 0 Å². The Bertz CT molecular complexity index is 272. The molecule has 0 amide bonds. The lowest BCUT2D eigenvalue weighted by Crippen LogP contribution is -2.21. The summed E-state index contributed by atoms with van der Waals surface area (Å²) in [5, 5.41) is 11.5. The summed E-state index contributed by atoms with van der Waals surface area (Å²) in [6.45, 7) is 6.03. The Morgan fingerprint density at radius 3 is 3.00 bits per heavy atom. The van der Waals surface area contributed by atoms with Gasteiger partial charge in [0.05, 0.1) is 5.69 Å². The molecule has 1 N–H and O–H groups in total. The lowest BCUT2D eigenvalue weighted by atomic mass is 10.3. The van der Waals surface area contributed by atoms with Gasteiger partial charge in [0.2, 0.25) is 0 Å². The monoisotopic (exact) mass is 228 g/mol. The highest BCUT2D eigenvalue weighted by Crippen LogP contribution is 1.99. The number of nitrogens with one attached hydrogen (secondary N) is 1. The van der Waals surface area contributed by atoms with Gasteiger partial charge in [-0.05, 0) is 18.4 Å². The van der Waals surface area contributed by atoms with Crippen molar-refractivity contribution in [2.24, 2.45) is 0 Å². The summed E-state index contributed by atoms with van der Waals surface area (Å²) in [5.41, 5.74) is 1.02. The van der Waals surface area contributed by atoms with Gasteiger partial charge < -0.3 is 5.32 Å². The molecular weight excluding hydrogens is 208 g/mol. The van der Waals surface area contributed by atoms with Crippen molar-refractivity contribution < 1.29 is 0 Å². The van der Waals surface area contributed by atoms with Crippen molar-refractivity contribution in [3.8, 4) is 0 Å². The van der Waals surface area contributed by atoms with Gasteiger partial charge in [-0.3, -0.25) is 4.68 Å². The molecule has 86 valence electrons. The van der Waals surface area contributed by atoms with Gasteiger partial charge in [0.15, 0.2) is 0 Å². The molecule has 0 aromatic carbocycles. The zero-order valence-electron chi connectivity index (χ0n) is 9.73. The van der Waals surface area contributed by atoms with Crippen molar-refractivity contribution >= 4 is 11.8 Å². The Hall–Kier alpha value is -0.550. The van der Waals surface area contributed by atoms with Crippen molar-refractivity contribution in [3.63, 3.8) is 0 Å². The summed E-state index contributed by atoms with van der Waals surface area (Å²) >= 11 is 1.87. The third-order valence-corrected chi connectivity index (χ3v) is 2.71. The highest BCUT2D eigenvalue weighted by atomic mass is 32.2. The van der Waals surface area contributed by atoms with Crippen LogP contribution in [0.4, 0.5) is 0 Å². The summed E-state index contributed by atoms with van der Waals surface area (Å²) in [6, 6.07) is 0.492. The molecule has 1 rings (SSSR count). The van der Waals surface area contributed by atoms with Gasteiger partial charge in [0.25, 0.3) is 0 Å². The Morgan fingerprint density at radius 2 is 2.33 bits per heavy atom. The number of nitrogens with zero attached hydrogens (tertiary/aromatic N) is 3. The first-order valence-corrected chi connectivity index (χ1v) is 6.73. The van der Waals surface area contributed by atoms with Crippen LogP contribution >= 0.6 is 11.8 Å². The topological polar surface area (TPSA) is 42.7 Å². The van der Waals surface area contributed by atoms with Crippen molar-refractivity contribution in [3.05, 3.63) is 11.9 Å². The fraction of sp³-hybridized carbons (Fsp3) is 0.800. The lowest BCUT2D eigenvalue weighted by Gasteiger charge is -2.04. The van der Waals surface area contributed by atoms with Crippen LogP contribution in [-0.2, 0) is 13.1 Å². The average Bonchev–Trinajstić information content (AvgIpc) is 2.63. The first-order chi connectivity index (χ1) is 7.22. The van der Waals surface area contributed by atoms with E-state index in [1.807, 2.05) is 22.6 Å². The molecular formula is C10H20N4S. The number of thioether (sulfide) groups is 1. The summed E-state index contributed by atoms with van der Waals surface area (Å²) in [5.74, 6) is 1.18.